The number of fused-ring (bicyclic) bond motifs is 5. The maximum absolute atomic E-state index is 15.1. The Balaban J connectivity index is 1.49. The molecule has 0 radical (unpaired) electrons. The van der Waals surface area contributed by atoms with Crippen LogP contribution in [0.15, 0.2) is 48.6 Å². The number of rotatable bonds is 6. The van der Waals surface area contributed by atoms with E-state index >= 15 is 4.79 Å². The minimum absolute atomic E-state index is 0.143. The summed E-state index contributed by atoms with van der Waals surface area (Å²) in [6.45, 7) is 8.66. The number of carbonyl (C=O) groups is 2. The van der Waals surface area contributed by atoms with Crippen molar-refractivity contribution >= 4 is 28.5 Å². The Labute approximate surface area is 342 Å². The molecular weight excluding hydrogens is 737 g/mol. The van der Waals surface area contributed by atoms with Crippen LogP contribution in [0.1, 0.15) is 81.7 Å². The van der Waals surface area contributed by atoms with Crippen molar-refractivity contribution in [1.82, 2.24) is 20.2 Å². The number of aliphatic hydroxyl groups excluding tert-OH is 1. The smallest absolute Gasteiger partial charge is 0.322 e. The Morgan fingerprint density at radius 1 is 1.03 bits per heavy atom. The van der Waals surface area contributed by atoms with Gasteiger partial charge < -0.3 is 39.6 Å². The summed E-state index contributed by atoms with van der Waals surface area (Å²) in [5, 5.41) is 37.9. The molecule has 3 unspecified atom stereocenters. The van der Waals surface area contributed by atoms with Crippen molar-refractivity contribution in [2.45, 2.75) is 107 Å². The number of nitrogens with two attached hydrogens (primary N) is 1. The molecule has 58 heavy (non-hydrogen) atoms. The molecule has 1 amide bonds. The first-order chi connectivity index (χ1) is 27.7. The van der Waals surface area contributed by atoms with Crippen molar-refractivity contribution in [2.24, 2.45) is 17.2 Å². The number of amides is 1. The number of H-pyrrole nitrogens is 1. The molecule has 4 heterocycles. The molecule has 0 saturated heterocycles. The van der Waals surface area contributed by atoms with Gasteiger partial charge in [0.15, 0.2) is 5.60 Å². The lowest BCUT2D eigenvalue weighted by molar-refractivity contribution is -0.195. The van der Waals surface area contributed by atoms with Crippen LogP contribution in [0.3, 0.4) is 0 Å². The van der Waals surface area contributed by atoms with E-state index in [4.69, 9.17) is 15.3 Å². The standard InChI is InChI=1S/C45H64N6O7/c1-8-42(55)25-28(3)26-44(41(54)58-7,38-31(17-21-49(4)27-42)30-15-10-11-16-33(30)47-38)32-22-29-14-12-19-51-20-13-18-43(9-2)36(51)24-37(45(56,39(43)52)40(53)48-46)50(5)34(29)23-35(32)57-6/h10-11,13,15-16,18,22-23,28,36-37,39,47,52,55-56H,8-9,12,14,17,19-21,24-27,46H2,1-7H3,(H,48,53)/t28-,36?,37?,39-,42?,43-,44+,45+/m1/s1. The summed E-state index contributed by atoms with van der Waals surface area (Å²) in [7, 11) is 6.90. The number of para-hydroxylation sites is 1. The molecule has 1 aromatic heterocycles. The molecule has 3 aromatic rings. The van der Waals surface area contributed by atoms with Crippen LogP contribution in [0, 0.1) is 11.3 Å². The maximum atomic E-state index is 15.1. The minimum atomic E-state index is -2.27. The predicted octanol–water partition coefficient (Wildman–Crippen LogP) is 3.55. The van der Waals surface area contributed by atoms with Gasteiger partial charge in [-0.05, 0) is 94.1 Å². The highest BCUT2D eigenvalue weighted by molar-refractivity contribution is 5.94. The van der Waals surface area contributed by atoms with Gasteiger partial charge in [-0.25, -0.2) is 5.84 Å². The van der Waals surface area contributed by atoms with Gasteiger partial charge in [-0.1, -0.05) is 51.1 Å². The molecule has 316 valence electrons. The van der Waals surface area contributed by atoms with Crippen LogP contribution < -0.4 is 20.9 Å². The summed E-state index contributed by atoms with van der Waals surface area (Å²) < 4.78 is 12.2. The third kappa shape index (κ3) is 6.53. The Morgan fingerprint density at radius 2 is 1.79 bits per heavy atom. The number of benzene rings is 2. The van der Waals surface area contributed by atoms with Crippen LogP contribution in [0.2, 0.25) is 0 Å². The molecule has 8 atom stereocenters. The number of aromatic amines is 1. The van der Waals surface area contributed by atoms with Crippen molar-refractivity contribution in [3.8, 4) is 5.75 Å². The second-order valence-electron chi connectivity index (χ2n) is 17.7. The Kier molecular flexibility index (Phi) is 11.5. The van der Waals surface area contributed by atoms with E-state index in [0.717, 1.165) is 40.7 Å². The number of carbonyl (C=O) groups excluding carboxylic acids is 2. The zero-order valence-corrected chi connectivity index (χ0v) is 35.3. The summed E-state index contributed by atoms with van der Waals surface area (Å²) in [5.41, 5.74) is 1.61. The lowest BCUT2D eigenvalue weighted by atomic mass is 9.57. The number of nitrogens with one attached hydrogen (secondary N) is 2. The van der Waals surface area contributed by atoms with Crippen molar-refractivity contribution < 1.29 is 34.4 Å². The number of esters is 1. The summed E-state index contributed by atoms with van der Waals surface area (Å²) >= 11 is 0. The number of hydrogen-bond acceptors (Lipinski definition) is 11. The highest BCUT2D eigenvalue weighted by atomic mass is 16.5. The van der Waals surface area contributed by atoms with Gasteiger partial charge in [0.2, 0.25) is 0 Å². The normalized spacial score (nSPS) is 33.4. The van der Waals surface area contributed by atoms with Gasteiger partial charge in [-0.15, -0.1) is 0 Å². The molecule has 13 nitrogen and oxygen atoms in total. The second-order valence-corrected chi connectivity index (χ2v) is 17.7. The van der Waals surface area contributed by atoms with E-state index in [1.807, 2.05) is 69.3 Å². The first-order valence-corrected chi connectivity index (χ1v) is 21.0. The number of aryl methyl sites for hydroxylation is 1. The highest BCUT2D eigenvalue weighted by Gasteiger charge is 2.66. The van der Waals surface area contributed by atoms with E-state index in [1.54, 1.807) is 7.11 Å². The summed E-state index contributed by atoms with van der Waals surface area (Å²) in [6, 6.07) is 11.1. The zero-order chi connectivity index (χ0) is 41.8. The highest BCUT2D eigenvalue weighted by Crippen LogP contribution is 2.53. The van der Waals surface area contributed by atoms with Gasteiger partial charge in [0.05, 0.1) is 25.9 Å². The van der Waals surface area contributed by atoms with Crippen LogP contribution in [-0.4, -0.2) is 126 Å². The molecule has 3 aliphatic heterocycles. The van der Waals surface area contributed by atoms with E-state index in [1.165, 1.54) is 7.11 Å². The maximum Gasteiger partial charge on any atom is 0.322 e. The number of hydrogen-bond donors (Lipinski definition) is 6. The molecule has 7 N–H and O–H groups in total. The van der Waals surface area contributed by atoms with E-state index in [0.29, 0.717) is 81.6 Å². The van der Waals surface area contributed by atoms with Crippen molar-refractivity contribution in [3.05, 3.63) is 70.9 Å². The van der Waals surface area contributed by atoms with E-state index < -0.39 is 46.1 Å². The number of methoxy groups -OCH3 is 2. The Bertz CT molecular complexity index is 2050. The zero-order valence-electron chi connectivity index (χ0n) is 35.3. The van der Waals surface area contributed by atoms with Crippen LogP contribution in [0.25, 0.3) is 10.9 Å². The summed E-state index contributed by atoms with van der Waals surface area (Å²) in [4.78, 5) is 39.1. The van der Waals surface area contributed by atoms with Gasteiger partial charge in [0.1, 0.15) is 17.3 Å². The third-order valence-electron chi connectivity index (χ3n) is 14.5. The number of ether oxygens (including phenoxy) is 2. The monoisotopic (exact) mass is 800 g/mol. The summed E-state index contributed by atoms with van der Waals surface area (Å²) in [5.74, 6) is 4.77. The number of hydrazine groups is 1. The molecule has 1 fully saturated rings. The number of nitrogens with zero attached hydrogens (tertiary/aromatic N) is 3. The predicted molar refractivity (Wildman–Crippen MR) is 225 cm³/mol. The Morgan fingerprint density at radius 3 is 2.48 bits per heavy atom. The topological polar surface area (TPSA) is 177 Å². The molecule has 2 bridgehead atoms. The largest absolute Gasteiger partial charge is 0.496 e. The first kappa shape index (κ1) is 42.2. The number of likely N-dealkylation sites (N-methyl/N-ethyl adjacent to an activating group) is 2. The Hall–Kier alpha value is -3.98. The second kappa shape index (κ2) is 15.9. The van der Waals surface area contributed by atoms with Gasteiger partial charge in [-0.2, -0.15) is 0 Å². The van der Waals surface area contributed by atoms with E-state index in [2.05, 4.69) is 39.3 Å². The van der Waals surface area contributed by atoms with Gasteiger partial charge in [0.25, 0.3) is 5.91 Å². The molecule has 7 rings (SSSR count). The van der Waals surface area contributed by atoms with Crippen LogP contribution in [0.4, 0.5) is 5.69 Å². The van der Waals surface area contributed by atoms with E-state index in [9.17, 15) is 20.1 Å². The fourth-order valence-electron chi connectivity index (χ4n) is 11.6. The quantitative estimate of drug-likeness (QED) is 0.0707. The molecule has 1 saturated carbocycles. The SMILES string of the molecule is CCC1(O)C[C@@H](C)C[C@](C(=O)OC)(c2cc3c(cc2OC)N(C)C2CC4N(CC=C[C@@]4(CC)[C@@H](O)[C@]2(O)C(=O)NN)CCC3)c2[nH]c3ccccc3c2CCN(C)C1. The average Bonchev–Trinajstić information content (AvgIpc) is 3.60. The van der Waals surface area contributed by atoms with Crippen molar-refractivity contribution in [3.63, 3.8) is 0 Å². The van der Waals surface area contributed by atoms with Gasteiger partial charge >= 0.3 is 5.97 Å². The lowest BCUT2D eigenvalue weighted by Crippen LogP contribution is -2.77. The van der Waals surface area contributed by atoms with Crippen LogP contribution in [-0.2, 0) is 32.6 Å². The van der Waals surface area contributed by atoms with Crippen molar-refractivity contribution in [1.29, 1.82) is 0 Å². The van der Waals surface area contributed by atoms with Gasteiger partial charge in [0, 0.05) is 72.1 Å². The molecule has 0 spiro atoms. The number of aromatic nitrogens is 1. The van der Waals surface area contributed by atoms with Gasteiger partial charge in [-0.3, -0.25) is 19.9 Å². The minimum Gasteiger partial charge on any atom is -0.496 e. The molecule has 4 aliphatic rings. The fraction of sp³-hybridized carbons (Fsp3) is 0.600. The summed E-state index contributed by atoms with van der Waals surface area (Å²) in [6.07, 6.45) is 6.84. The molecule has 2 aromatic carbocycles. The third-order valence-corrected chi connectivity index (χ3v) is 14.5. The lowest BCUT2D eigenvalue weighted by Gasteiger charge is -2.60. The number of anilines is 1. The average molecular weight is 801 g/mol. The molecule has 1 aliphatic carbocycles. The van der Waals surface area contributed by atoms with E-state index in [-0.39, 0.29) is 12.0 Å². The first-order valence-electron chi connectivity index (χ1n) is 21.0. The van der Waals surface area contributed by atoms with Crippen LogP contribution in [0.5, 0.6) is 5.75 Å². The van der Waals surface area contributed by atoms with Crippen LogP contribution >= 0.6 is 0 Å². The molecule has 13 heteroatoms. The fourth-order valence-corrected chi connectivity index (χ4v) is 11.6. The molecular formula is C45H64N6O7. The number of β-amino-alcohol motifs (C(OH)–C–C–N with tert-alkyl or cyclic N) is 1. The number of aliphatic hydroxyl groups is 3. The van der Waals surface area contributed by atoms with Crippen molar-refractivity contribution in [2.75, 3.05) is 59.4 Å².